The number of hydrogen-bond acceptors (Lipinski definition) is 3. The molecular formula is C16H24F2N2O2. The molecule has 0 heterocycles. The molecule has 6 heteroatoms. The SMILES string of the molecule is CCCCC(CN)NC(=O)CCc1ccc(OC(F)F)cc1. The summed E-state index contributed by atoms with van der Waals surface area (Å²) in [5, 5.41) is 2.92. The lowest BCUT2D eigenvalue weighted by Gasteiger charge is -2.16. The van der Waals surface area contributed by atoms with Gasteiger partial charge in [0.05, 0.1) is 0 Å². The van der Waals surface area contributed by atoms with Crippen LogP contribution in [0.15, 0.2) is 24.3 Å². The Morgan fingerprint density at radius 2 is 2.00 bits per heavy atom. The highest BCUT2D eigenvalue weighted by Crippen LogP contribution is 2.15. The van der Waals surface area contributed by atoms with Crippen molar-refractivity contribution < 1.29 is 18.3 Å². The average molecular weight is 314 g/mol. The molecule has 0 bridgehead atoms. The van der Waals surface area contributed by atoms with Crippen LogP contribution in [0.2, 0.25) is 0 Å². The van der Waals surface area contributed by atoms with E-state index in [0.717, 1.165) is 24.8 Å². The van der Waals surface area contributed by atoms with Crippen LogP contribution in [-0.2, 0) is 11.2 Å². The Kier molecular flexibility index (Phi) is 8.43. The Balaban J connectivity index is 2.36. The van der Waals surface area contributed by atoms with Gasteiger partial charge in [0.1, 0.15) is 5.75 Å². The molecule has 1 amide bonds. The Hall–Kier alpha value is -1.69. The van der Waals surface area contributed by atoms with Crippen molar-refractivity contribution in [1.82, 2.24) is 5.32 Å². The number of carbonyl (C=O) groups excluding carboxylic acids is 1. The van der Waals surface area contributed by atoms with Crippen molar-refractivity contribution in [3.63, 3.8) is 0 Å². The maximum Gasteiger partial charge on any atom is 0.387 e. The van der Waals surface area contributed by atoms with Crippen molar-refractivity contribution in [2.24, 2.45) is 5.73 Å². The molecule has 1 rings (SSSR count). The van der Waals surface area contributed by atoms with Crippen molar-refractivity contribution in [2.75, 3.05) is 6.54 Å². The van der Waals surface area contributed by atoms with Gasteiger partial charge in [0, 0.05) is 19.0 Å². The zero-order chi connectivity index (χ0) is 16.4. The molecule has 0 aliphatic rings. The van der Waals surface area contributed by atoms with Crippen molar-refractivity contribution in [2.45, 2.75) is 51.7 Å². The predicted molar refractivity (Wildman–Crippen MR) is 81.9 cm³/mol. The Morgan fingerprint density at radius 3 is 2.55 bits per heavy atom. The van der Waals surface area contributed by atoms with Gasteiger partial charge in [0.25, 0.3) is 0 Å². The van der Waals surface area contributed by atoms with Gasteiger partial charge in [0.15, 0.2) is 0 Å². The van der Waals surface area contributed by atoms with Crippen LogP contribution >= 0.6 is 0 Å². The lowest BCUT2D eigenvalue weighted by Crippen LogP contribution is -2.40. The van der Waals surface area contributed by atoms with E-state index < -0.39 is 6.61 Å². The van der Waals surface area contributed by atoms with Crippen molar-refractivity contribution in [3.05, 3.63) is 29.8 Å². The monoisotopic (exact) mass is 314 g/mol. The van der Waals surface area contributed by atoms with Crippen LogP contribution in [0, 0.1) is 0 Å². The van der Waals surface area contributed by atoms with Gasteiger partial charge < -0.3 is 15.8 Å². The van der Waals surface area contributed by atoms with E-state index in [4.69, 9.17) is 5.73 Å². The second kappa shape index (κ2) is 10.1. The van der Waals surface area contributed by atoms with E-state index in [1.54, 1.807) is 12.1 Å². The molecule has 0 radical (unpaired) electrons. The molecule has 0 saturated carbocycles. The maximum atomic E-state index is 12.0. The zero-order valence-corrected chi connectivity index (χ0v) is 12.9. The molecule has 0 aliphatic carbocycles. The van der Waals surface area contributed by atoms with Crippen LogP contribution < -0.4 is 15.8 Å². The zero-order valence-electron chi connectivity index (χ0n) is 12.9. The molecule has 1 atom stereocenters. The molecule has 1 unspecified atom stereocenters. The minimum atomic E-state index is -2.83. The second-order valence-corrected chi connectivity index (χ2v) is 5.16. The van der Waals surface area contributed by atoms with E-state index in [0.29, 0.717) is 19.4 Å². The van der Waals surface area contributed by atoms with Gasteiger partial charge in [-0.15, -0.1) is 0 Å². The fourth-order valence-electron chi connectivity index (χ4n) is 2.09. The molecule has 0 saturated heterocycles. The highest BCUT2D eigenvalue weighted by atomic mass is 19.3. The van der Waals surface area contributed by atoms with E-state index in [2.05, 4.69) is 17.0 Å². The molecule has 0 spiro atoms. The summed E-state index contributed by atoms with van der Waals surface area (Å²) in [6.07, 6.45) is 3.88. The van der Waals surface area contributed by atoms with Gasteiger partial charge in [0.2, 0.25) is 5.91 Å². The first-order valence-electron chi connectivity index (χ1n) is 7.58. The number of nitrogens with two attached hydrogens (primary N) is 1. The van der Waals surface area contributed by atoms with Gasteiger partial charge in [-0.2, -0.15) is 8.78 Å². The van der Waals surface area contributed by atoms with E-state index in [-0.39, 0.29) is 17.7 Å². The molecule has 1 aromatic carbocycles. The molecule has 3 N–H and O–H groups in total. The summed E-state index contributed by atoms with van der Waals surface area (Å²) in [5.41, 5.74) is 6.53. The predicted octanol–water partition coefficient (Wildman–Crippen LogP) is 2.85. The summed E-state index contributed by atoms with van der Waals surface area (Å²) in [4.78, 5) is 11.9. The third-order valence-corrected chi connectivity index (χ3v) is 3.35. The Labute approximate surface area is 130 Å². The number of rotatable bonds is 10. The summed E-state index contributed by atoms with van der Waals surface area (Å²) in [6.45, 7) is -0.296. The number of alkyl halides is 2. The summed E-state index contributed by atoms with van der Waals surface area (Å²) >= 11 is 0. The van der Waals surface area contributed by atoms with Gasteiger partial charge >= 0.3 is 6.61 Å². The lowest BCUT2D eigenvalue weighted by atomic mass is 10.1. The number of benzene rings is 1. The van der Waals surface area contributed by atoms with Crippen molar-refractivity contribution >= 4 is 5.91 Å². The average Bonchev–Trinajstić information content (AvgIpc) is 2.50. The molecule has 124 valence electrons. The summed E-state index contributed by atoms with van der Waals surface area (Å²) in [7, 11) is 0. The van der Waals surface area contributed by atoms with Gasteiger partial charge in [-0.25, -0.2) is 0 Å². The largest absolute Gasteiger partial charge is 0.435 e. The summed E-state index contributed by atoms with van der Waals surface area (Å²) in [6, 6.07) is 6.34. The van der Waals surface area contributed by atoms with E-state index in [9.17, 15) is 13.6 Å². The first-order valence-corrected chi connectivity index (χ1v) is 7.58. The number of amides is 1. The number of ether oxygens (including phenoxy) is 1. The quantitative estimate of drug-likeness (QED) is 0.698. The van der Waals surface area contributed by atoms with Crippen molar-refractivity contribution in [3.8, 4) is 5.75 Å². The Bertz CT molecular complexity index is 438. The van der Waals surface area contributed by atoms with Crippen LogP contribution in [0.1, 0.15) is 38.2 Å². The van der Waals surface area contributed by atoms with E-state index in [1.165, 1.54) is 12.1 Å². The number of aryl methyl sites for hydroxylation is 1. The standard InChI is InChI=1S/C16H24F2N2O2/c1-2-3-4-13(11-19)20-15(21)10-7-12-5-8-14(9-6-12)22-16(17)18/h5-6,8-9,13,16H,2-4,7,10-11,19H2,1H3,(H,20,21). The van der Waals surface area contributed by atoms with Crippen LogP contribution in [-0.4, -0.2) is 25.1 Å². The molecule has 0 aliphatic heterocycles. The molecular weight excluding hydrogens is 290 g/mol. The molecule has 0 fully saturated rings. The number of carbonyl (C=O) groups is 1. The fourth-order valence-corrected chi connectivity index (χ4v) is 2.09. The molecule has 1 aromatic rings. The van der Waals surface area contributed by atoms with Gasteiger partial charge in [-0.05, 0) is 30.5 Å². The van der Waals surface area contributed by atoms with E-state index in [1.807, 2.05) is 0 Å². The number of nitrogens with one attached hydrogen (secondary N) is 1. The van der Waals surface area contributed by atoms with Crippen molar-refractivity contribution in [1.29, 1.82) is 0 Å². The highest BCUT2D eigenvalue weighted by Gasteiger charge is 2.10. The third-order valence-electron chi connectivity index (χ3n) is 3.35. The molecule has 0 aromatic heterocycles. The lowest BCUT2D eigenvalue weighted by molar-refractivity contribution is -0.121. The maximum absolute atomic E-state index is 12.0. The smallest absolute Gasteiger partial charge is 0.387 e. The number of halogens is 2. The van der Waals surface area contributed by atoms with Crippen LogP contribution in [0.25, 0.3) is 0 Å². The van der Waals surface area contributed by atoms with Crippen LogP contribution in [0.3, 0.4) is 0 Å². The first-order chi connectivity index (χ1) is 10.5. The third kappa shape index (κ3) is 7.36. The normalized spacial score (nSPS) is 12.2. The van der Waals surface area contributed by atoms with E-state index >= 15 is 0 Å². The van der Waals surface area contributed by atoms with Gasteiger partial charge in [-0.1, -0.05) is 31.9 Å². The summed E-state index contributed by atoms with van der Waals surface area (Å²) in [5.74, 6) is 0.0745. The minimum absolute atomic E-state index is 0.0225. The Morgan fingerprint density at radius 1 is 1.32 bits per heavy atom. The second-order valence-electron chi connectivity index (χ2n) is 5.16. The first kappa shape index (κ1) is 18.4. The van der Waals surface area contributed by atoms with Gasteiger partial charge in [-0.3, -0.25) is 4.79 Å². The topological polar surface area (TPSA) is 64.3 Å². The highest BCUT2D eigenvalue weighted by molar-refractivity contribution is 5.76. The van der Waals surface area contributed by atoms with Crippen LogP contribution in [0.5, 0.6) is 5.75 Å². The minimum Gasteiger partial charge on any atom is -0.435 e. The number of hydrogen-bond donors (Lipinski definition) is 2. The fraction of sp³-hybridized carbons (Fsp3) is 0.562. The number of unbranched alkanes of at least 4 members (excludes halogenated alkanes) is 1. The molecule has 4 nitrogen and oxygen atoms in total. The summed E-state index contributed by atoms with van der Waals surface area (Å²) < 4.78 is 28.3. The van der Waals surface area contributed by atoms with Crippen LogP contribution in [0.4, 0.5) is 8.78 Å². The molecule has 22 heavy (non-hydrogen) atoms.